The Balaban J connectivity index is 2.52. The molecular weight excluding hydrogens is 156 g/mol. The Morgan fingerprint density at radius 2 is 2.08 bits per heavy atom. The van der Waals surface area contributed by atoms with Gasteiger partial charge in [0.25, 0.3) is 0 Å². The van der Waals surface area contributed by atoms with Crippen LogP contribution in [0.2, 0.25) is 0 Å². The normalized spacial score (nSPS) is 20.8. The maximum absolute atomic E-state index is 10.5. The van der Waals surface area contributed by atoms with Crippen molar-refractivity contribution in [2.75, 3.05) is 6.54 Å². The Hall–Kier alpha value is -0.770. The first-order chi connectivity index (χ1) is 5.68. The van der Waals surface area contributed by atoms with Crippen LogP contribution in [0.1, 0.15) is 32.1 Å². The van der Waals surface area contributed by atoms with E-state index in [1.54, 1.807) is 0 Å². The third-order valence-electron chi connectivity index (χ3n) is 2.56. The minimum atomic E-state index is -0.926. The van der Waals surface area contributed by atoms with Crippen molar-refractivity contribution in [2.45, 2.75) is 37.6 Å². The smallest absolute Gasteiger partial charge is 0.405 e. The Labute approximate surface area is 72.1 Å². The third-order valence-corrected chi connectivity index (χ3v) is 2.56. The molecule has 1 amide bonds. The average molecular weight is 172 g/mol. The first-order valence-electron chi connectivity index (χ1n) is 4.40. The predicted octanol–water partition coefficient (Wildman–Crippen LogP) is 0.916. The molecule has 1 aliphatic carbocycles. The van der Waals surface area contributed by atoms with Crippen molar-refractivity contribution in [3.63, 3.8) is 0 Å². The molecule has 1 rings (SSSR count). The summed E-state index contributed by atoms with van der Waals surface area (Å²) in [6.45, 7) is 0.556. The molecule has 12 heavy (non-hydrogen) atoms. The van der Waals surface area contributed by atoms with Gasteiger partial charge in [-0.15, -0.1) is 0 Å². The Morgan fingerprint density at radius 3 is 2.50 bits per heavy atom. The highest BCUT2D eigenvalue weighted by Crippen LogP contribution is 2.31. The molecule has 1 aliphatic rings. The minimum Gasteiger partial charge on any atom is -0.465 e. The van der Waals surface area contributed by atoms with Gasteiger partial charge in [-0.25, -0.2) is 4.79 Å². The standard InChI is InChI=1S/C8H16N2O2/c9-6-5-8(10-7(11)12)3-1-2-4-8/h10H,1-6,9H2,(H,11,12). The van der Waals surface area contributed by atoms with Crippen molar-refractivity contribution in [2.24, 2.45) is 5.73 Å². The summed E-state index contributed by atoms with van der Waals surface area (Å²) in [5.74, 6) is 0. The van der Waals surface area contributed by atoms with Crippen molar-refractivity contribution >= 4 is 6.09 Å². The van der Waals surface area contributed by atoms with E-state index in [1.807, 2.05) is 0 Å². The molecule has 4 nitrogen and oxygen atoms in total. The molecule has 0 aromatic heterocycles. The zero-order valence-electron chi connectivity index (χ0n) is 7.18. The molecule has 0 radical (unpaired) electrons. The quantitative estimate of drug-likeness (QED) is 0.592. The van der Waals surface area contributed by atoms with E-state index < -0.39 is 6.09 Å². The second kappa shape index (κ2) is 3.76. The van der Waals surface area contributed by atoms with E-state index in [-0.39, 0.29) is 5.54 Å². The minimum absolute atomic E-state index is 0.208. The summed E-state index contributed by atoms with van der Waals surface area (Å²) in [6.07, 6.45) is 3.94. The van der Waals surface area contributed by atoms with Crippen LogP contribution in [0.3, 0.4) is 0 Å². The molecule has 4 heteroatoms. The van der Waals surface area contributed by atoms with Crippen LogP contribution >= 0.6 is 0 Å². The molecule has 0 aromatic rings. The van der Waals surface area contributed by atoms with Gasteiger partial charge < -0.3 is 16.2 Å². The maximum atomic E-state index is 10.5. The lowest BCUT2D eigenvalue weighted by Crippen LogP contribution is -2.46. The van der Waals surface area contributed by atoms with Crippen LogP contribution in [-0.2, 0) is 0 Å². The van der Waals surface area contributed by atoms with Gasteiger partial charge in [0, 0.05) is 5.54 Å². The van der Waals surface area contributed by atoms with Gasteiger partial charge in [0.15, 0.2) is 0 Å². The first kappa shape index (κ1) is 9.32. The largest absolute Gasteiger partial charge is 0.465 e. The van der Waals surface area contributed by atoms with Gasteiger partial charge in [-0.2, -0.15) is 0 Å². The number of hydrogen-bond donors (Lipinski definition) is 3. The van der Waals surface area contributed by atoms with E-state index in [1.165, 1.54) is 0 Å². The number of carbonyl (C=O) groups is 1. The van der Waals surface area contributed by atoms with Crippen LogP contribution in [0.4, 0.5) is 4.79 Å². The van der Waals surface area contributed by atoms with Gasteiger partial charge in [0.2, 0.25) is 0 Å². The van der Waals surface area contributed by atoms with Crippen molar-refractivity contribution in [1.82, 2.24) is 5.32 Å². The van der Waals surface area contributed by atoms with Gasteiger partial charge in [0.1, 0.15) is 0 Å². The van der Waals surface area contributed by atoms with Crippen LogP contribution in [0.25, 0.3) is 0 Å². The number of nitrogens with two attached hydrogens (primary N) is 1. The van der Waals surface area contributed by atoms with Crippen LogP contribution in [0, 0.1) is 0 Å². The van der Waals surface area contributed by atoms with E-state index in [0.29, 0.717) is 6.54 Å². The molecule has 0 saturated heterocycles. The fourth-order valence-corrected chi connectivity index (χ4v) is 1.99. The van der Waals surface area contributed by atoms with E-state index in [4.69, 9.17) is 10.8 Å². The van der Waals surface area contributed by atoms with Crippen LogP contribution < -0.4 is 11.1 Å². The summed E-state index contributed by atoms with van der Waals surface area (Å²) in [6, 6.07) is 0. The van der Waals surface area contributed by atoms with Gasteiger partial charge in [-0.3, -0.25) is 0 Å². The van der Waals surface area contributed by atoms with Crippen LogP contribution in [0.5, 0.6) is 0 Å². The molecule has 1 saturated carbocycles. The van der Waals surface area contributed by atoms with E-state index in [9.17, 15) is 4.79 Å². The number of hydrogen-bond acceptors (Lipinski definition) is 2. The SMILES string of the molecule is NCCC1(NC(=O)O)CCCC1. The summed E-state index contributed by atoms with van der Waals surface area (Å²) in [7, 11) is 0. The molecule has 70 valence electrons. The lowest BCUT2D eigenvalue weighted by atomic mass is 9.93. The molecule has 0 aliphatic heterocycles. The highest BCUT2D eigenvalue weighted by molar-refractivity contribution is 5.65. The lowest BCUT2D eigenvalue weighted by molar-refractivity contribution is 0.175. The molecule has 0 bridgehead atoms. The monoisotopic (exact) mass is 172 g/mol. The molecule has 0 atom stereocenters. The zero-order chi connectivity index (χ0) is 9.03. The van der Waals surface area contributed by atoms with Gasteiger partial charge >= 0.3 is 6.09 Å². The fourth-order valence-electron chi connectivity index (χ4n) is 1.99. The highest BCUT2D eigenvalue weighted by atomic mass is 16.4. The predicted molar refractivity (Wildman–Crippen MR) is 46.0 cm³/mol. The number of carboxylic acid groups (broad SMARTS) is 1. The van der Waals surface area contributed by atoms with Gasteiger partial charge in [0.05, 0.1) is 0 Å². The van der Waals surface area contributed by atoms with E-state index >= 15 is 0 Å². The molecule has 4 N–H and O–H groups in total. The molecule has 0 spiro atoms. The topological polar surface area (TPSA) is 75.3 Å². The summed E-state index contributed by atoms with van der Waals surface area (Å²) < 4.78 is 0. The van der Waals surface area contributed by atoms with Crippen LogP contribution in [-0.4, -0.2) is 23.3 Å². The molecule has 0 heterocycles. The Bertz CT molecular complexity index is 164. The third kappa shape index (κ3) is 2.11. The summed E-state index contributed by atoms with van der Waals surface area (Å²) in [5, 5.41) is 11.2. The number of rotatable bonds is 3. The summed E-state index contributed by atoms with van der Waals surface area (Å²) >= 11 is 0. The molecule has 1 fully saturated rings. The maximum Gasteiger partial charge on any atom is 0.405 e. The van der Waals surface area contributed by atoms with E-state index in [0.717, 1.165) is 32.1 Å². The summed E-state index contributed by atoms with van der Waals surface area (Å²) in [5.41, 5.74) is 5.23. The second-order valence-electron chi connectivity index (χ2n) is 3.46. The number of amides is 1. The molecule has 0 aromatic carbocycles. The van der Waals surface area contributed by atoms with Gasteiger partial charge in [-0.1, -0.05) is 12.8 Å². The van der Waals surface area contributed by atoms with Crippen molar-refractivity contribution in [1.29, 1.82) is 0 Å². The van der Waals surface area contributed by atoms with Gasteiger partial charge in [-0.05, 0) is 25.8 Å². The highest BCUT2D eigenvalue weighted by Gasteiger charge is 2.34. The van der Waals surface area contributed by atoms with Crippen LogP contribution in [0.15, 0.2) is 0 Å². The van der Waals surface area contributed by atoms with Crippen molar-refractivity contribution < 1.29 is 9.90 Å². The zero-order valence-corrected chi connectivity index (χ0v) is 7.18. The Morgan fingerprint density at radius 1 is 1.50 bits per heavy atom. The average Bonchev–Trinajstić information content (AvgIpc) is 2.36. The van der Waals surface area contributed by atoms with Crippen molar-refractivity contribution in [3.05, 3.63) is 0 Å². The van der Waals surface area contributed by atoms with Crippen molar-refractivity contribution in [3.8, 4) is 0 Å². The van der Waals surface area contributed by atoms with E-state index in [2.05, 4.69) is 5.32 Å². The lowest BCUT2D eigenvalue weighted by Gasteiger charge is -2.28. The second-order valence-corrected chi connectivity index (χ2v) is 3.46. The summed E-state index contributed by atoms with van der Waals surface area (Å²) in [4.78, 5) is 10.5. The molecule has 0 unspecified atom stereocenters. The Kier molecular flexibility index (Phi) is 2.92. The molecular formula is C8H16N2O2. The first-order valence-corrected chi connectivity index (χ1v) is 4.40. The number of nitrogens with one attached hydrogen (secondary N) is 1. The fraction of sp³-hybridized carbons (Fsp3) is 0.875.